The van der Waals surface area contributed by atoms with Gasteiger partial charge in [-0.25, -0.2) is 9.97 Å². The number of piperazine rings is 1. The second kappa shape index (κ2) is 8.03. The van der Waals surface area contributed by atoms with Crippen molar-refractivity contribution in [2.45, 2.75) is 18.3 Å². The van der Waals surface area contributed by atoms with Gasteiger partial charge in [-0.15, -0.1) is 0 Å². The van der Waals surface area contributed by atoms with Gasteiger partial charge >= 0.3 is 0 Å². The molecule has 0 aliphatic carbocycles. The fourth-order valence-corrected chi connectivity index (χ4v) is 4.74. The van der Waals surface area contributed by atoms with E-state index in [0.717, 1.165) is 61.2 Å². The lowest BCUT2D eigenvalue weighted by Crippen LogP contribution is -2.56. The van der Waals surface area contributed by atoms with Gasteiger partial charge in [0, 0.05) is 56.7 Å². The number of carbonyl (C=O) groups is 1. The molecule has 2 fully saturated rings. The minimum atomic E-state index is -0.456. The van der Waals surface area contributed by atoms with Gasteiger partial charge < -0.3 is 14.5 Å². The van der Waals surface area contributed by atoms with Gasteiger partial charge in [0.25, 0.3) is 0 Å². The largest absolute Gasteiger partial charge is 0.381 e. The van der Waals surface area contributed by atoms with E-state index in [1.165, 1.54) is 0 Å². The topological polar surface area (TPSA) is 58.6 Å². The Kier molecular flexibility index (Phi) is 5.09. The molecule has 154 valence electrons. The van der Waals surface area contributed by atoms with Crippen LogP contribution in [0.15, 0.2) is 61.1 Å². The number of aromatic nitrogens is 2. The first kappa shape index (κ1) is 19.0. The quantitative estimate of drug-likeness (QED) is 0.674. The smallest absolute Gasteiger partial charge is 0.233 e. The van der Waals surface area contributed by atoms with Crippen LogP contribution in [-0.2, 0) is 14.9 Å². The molecule has 3 heterocycles. The monoisotopic (exact) mass is 402 g/mol. The highest BCUT2D eigenvalue weighted by molar-refractivity contribution is 5.89. The Morgan fingerprint density at radius 3 is 2.50 bits per heavy atom. The van der Waals surface area contributed by atoms with Gasteiger partial charge in [0.15, 0.2) is 0 Å². The van der Waals surface area contributed by atoms with Crippen LogP contribution in [0.25, 0.3) is 10.9 Å². The zero-order valence-electron chi connectivity index (χ0n) is 17.0. The second-order valence-electron chi connectivity index (χ2n) is 8.11. The van der Waals surface area contributed by atoms with Crippen molar-refractivity contribution >= 4 is 22.5 Å². The second-order valence-corrected chi connectivity index (χ2v) is 8.11. The Morgan fingerprint density at radius 2 is 1.73 bits per heavy atom. The predicted octanol–water partition coefficient (Wildman–Crippen LogP) is 3.03. The summed E-state index contributed by atoms with van der Waals surface area (Å²) in [5, 5.41) is 1.04. The van der Waals surface area contributed by atoms with E-state index in [9.17, 15) is 4.79 Å². The molecule has 0 unspecified atom stereocenters. The zero-order valence-corrected chi connectivity index (χ0v) is 17.0. The average Bonchev–Trinajstić information content (AvgIpc) is 2.84. The van der Waals surface area contributed by atoms with Crippen molar-refractivity contribution in [1.82, 2.24) is 14.9 Å². The predicted molar refractivity (Wildman–Crippen MR) is 117 cm³/mol. The van der Waals surface area contributed by atoms with Gasteiger partial charge in [-0.1, -0.05) is 30.3 Å². The van der Waals surface area contributed by atoms with Gasteiger partial charge in [0.05, 0.1) is 10.9 Å². The summed E-state index contributed by atoms with van der Waals surface area (Å²) in [6.45, 7) is 4.40. The number of hydrogen-bond acceptors (Lipinski definition) is 5. The van der Waals surface area contributed by atoms with Gasteiger partial charge in [0.1, 0.15) is 6.33 Å². The fourth-order valence-electron chi connectivity index (χ4n) is 4.74. The molecule has 6 heteroatoms. The summed E-state index contributed by atoms with van der Waals surface area (Å²) in [4.78, 5) is 26.6. The minimum Gasteiger partial charge on any atom is -0.381 e. The van der Waals surface area contributed by atoms with Gasteiger partial charge in [0.2, 0.25) is 5.91 Å². The Bertz CT molecular complexity index is 1030. The van der Waals surface area contributed by atoms with Crippen LogP contribution in [0.4, 0.5) is 5.69 Å². The van der Waals surface area contributed by atoms with Crippen molar-refractivity contribution in [2.24, 2.45) is 0 Å². The van der Waals surface area contributed by atoms with Crippen LogP contribution in [0.1, 0.15) is 18.4 Å². The summed E-state index contributed by atoms with van der Waals surface area (Å²) in [5.41, 5.74) is 2.78. The van der Waals surface area contributed by atoms with Crippen LogP contribution in [0.3, 0.4) is 0 Å². The highest BCUT2D eigenvalue weighted by Gasteiger charge is 2.44. The Morgan fingerprint density at radius 1 is 0.967 bits per heavy atom. The molecule has 0 bridgehead atoms. The Labute approximate surface area is 176 Å². The summed E-state index contributed by atoms with van der Waals surface area (Å²) in [6.07, 6.45) is 4.92. The molecule has 1 amide bonds. The first-order valence-electron chi connectivity index (χ1n) is 10.6. The molecule has 0 spiro atoms. The van der Waals surface area contributed by atoms with Gasteiger partial charge in [-0.2, -0.15) is 0 Å². The van der Waals surface area contributed by atoms with Crippen molar-refractivity contribution in [3.05, 3.63) is 66.6 Å². The van der Waals surface area contributed by atoms with E-state index < -0.39 is 5.41 Å². The summed E-state index contributed by atoms with van der Waals surface area (Å²) < 4.78 is 5.60. The van der Waals surface area contributed by atoms with E-state index in [-0.39, 0.29) is 5.91 Å². The molecule has 30 heavy (non-hydrogen) atoms. The van der Waals surface area contributed by atoms with Gasteiger partial charge in [-0.3, -0.25) is 4.79 Å². The maximum atomic E-state index is 13.7. The first-order valence-corrected chi connectivity index (χ1v) is 10.6. The lowest BCUT2D eigenvalue weighted by atomic mass is 9.73. The molecule has 0 radical (unpaired) electrons. The maximum Gasteiger partial charge on any atom is 0.233 e. The number of fused-ring (bicyclic) bond motifs is 1. The van der Waals surface area contributed by atoms with Crippen molar-refractivity contribution in [1.29, 1.82) is 0 Å². The van der Waals surface area contributed by atoms with Crippen LogP contribution in [0.5, 0.6) is 0 Å². The van der Waals surface area contributed by atoms with Crippen molar-refractivity contribution in [3.63, 3.8) is 0 Å². The fraction of sp³-hybridized carbons (Fsp3) is 0.375. The summed E-state index contributed by atoms with van der Waals surface area (Å²) in [7, 11) is 0. The highest BCUT2D eigenvalue weighted by atomic mass is 16.5. The molecule has 0 atom stereocenters. The lowest BCUT2D eigenvalue weighted by Gasteiger charge is -2.43. The Balaban J connectivity index is 1.33. The van der Waals surface area contributed by atoms with Crippen LogP contribution in [0, 0.1) is 0 Å². The number of anilines is 1. The molecule has 2 aliphatic rings. The summed E-state index contributed by atoms with van der Waals surface area (Å²) in [6, 6.07) is 16.5. The van der Waals surface area contributed by atoms with Gasteiger partial charge in [-0.05, 0) is 36.6 Å². The molecule has 1 aromatic heterocycles. The molecule has 6 nitrogen and oxygen atoms in total. The van der Waals surface area contributed by atoms with E-state index in [2.05, 4.69) is 44.0 Å². The summed E-state index contributed by atoms with van der Waals surface area (Å²) >= 11 is 0. The van der Waals surface area contributed by atoms with Crippen LogP contribution < -0.4 is 4.90 Å². The van der Waals surface area contributed by atoms with E-state index in [0.29, 0.717) is 13.2 Å². The third-order valence-corrected chi connectivity index (χ3v) is 6.50. The minimum absolute atomic E-state index is 0.253. The average molecular weight is 402 g/mol. The number of amides is 1. The standard InChI is InChI=1S/C24H26N4O2/c29-23(24(8-14-30-15-9-24)20-4-2-1-3-5-20)28-12-10-27(11-13-28)21-6-7-22-19(16-21)17-25-18-26-22/h1-7,16-18H,8-15H2. The molecule has 0 N–H and O–H groups in total. The van der Waals surface area contributed by atoms with Crippen molar-refractivity contribution < 1.29 is 9.53 Å². The molecular formula is C24H26N4O2. The van der Waals surface area contributed by atoms with Crippen LogP contribution in [0.2, 0.25) is 0 Å². The molecule has 3 aromatic rings. The Hall–Kier alpha value is -2.99. The molecule has 0 saturated carbocycles. The molecule has 2 aromatic carbocycles. The molecule has 2 saturated heterocycles. The number of ether oxygens (including phenoxy) is 1. The normalized spacial score (nSPS) is 19.1. The number of hydrogen-bond donors (Lipinski definition) is 0. The summed E-state index contributed by atoms with van der Waals surface area (Å²) in [5.74, 6) is 0.253. The third-order valence-electron chi connectivity index (χ3n) is 6.50. The SMILES string of the molecule is O=C(N1CCN(c2ccc3ncncc3c2)CC1)C1(c2ccccc2)CCOCC1. The van der Waals surface area contributed by atoms with E-state index in [1.54, 1.807) is 6.33 Å². The number of carbonyl (C=O) groups excluding carboxylic acids is 1. The maximum absolute atomic E-state index is 13.7. The molecular weight excluding hydrogens is 376 g/mol. The molecule has 5 rings (SSSR count). The lowest BCUT2D eigenvalue weighted by molar-refractivity contribution is -0.141. The first-order chi connectivity index (χ1) is 14.8. The number of benzene rings is 2. The number of rotatable bonds is 3. The van der Waals surface area contributed by atoms with Crippen molar-refractivity contribution in [3.8, 4) is 0 Å². The third kappa shape index (κ3) is 3.41. The highest BCUT2D eigenvalue weighted by Crippen LogP contribution is 2.37. The van der Waals surface area contributed by atoms with Crippen LogP contribution >= 0.6 is 0 Å². The van der Waals surface area contributed by atoms with E-state index in [1.807, 2.05) is 30.5 Å². The van der Waals surface area contributed by atoms with Crippen LogP contribution in [-0.4, -0.2) is 60.2 Å². The number of nitrogens with zero attached hydrogens (tertiary/aromatic N) is 4. The zero-order chi connectivity index (χ0) is 20.4. The van der Waals surface area contributed by atoms with E-state index >= 15 is 0 Å². The van der Waals surface area contributed by atoms with E-state index in [4.69, 9.17) is 4.74 Å². The van der Waals surface area contributed by atoms with Crippen molar-refractivity contribution in [2.75, 3.05) is 44.3 Å². The molecule has 2 aliphatic heterocycles.